The monoisotopic (exact) mass is 284 g/mol. The highest BCUT2D eigenvalue weighted by Gasteiger charge is 2.03. The van der Waals surface area contributed by atoms with E-state index >= 15 is 0 Å². The number of non-ortho nitro benzene ring substituents is 1. The molecule has 1 N–H and O–H groups in total. The molecule has 2 rings (SSSR count). The first kappa shape index (κ1) is 14.6. The van der Waals surface area contributed by atoms with E-state index in [-0.39, 0.29) is 5.69 Å². The summed E-state index contributed by atoms with van der Waals surface area (Å²) in [6, 6.07) is 14.1. The predicted molar refractivity (Wildman–Crippen MR) is 82.6 cm³/mol. The van der Waals surface area contributed by atoms with E-state index in [0.717, 1.165) is 17.0 Å². The maximum Gasteiger partial charge on any atom is 0.269 e. The molecule has 0 saturated heterocycles. The van der Waals surface area contributed by atoms with E-state index in [1.54, 1.807) is 18.2 Å². The van der Waals surface area contributed by atoms with Gasteiger partial charge in [-0.25, -0.2) is 0 Å². The maximum atomic E-state index is 10.6. The first-order chi connectivity index (χ1) is 10.2. The average molecular weight is 284 g/mol. The Morgan fingerprint density at radius 3 is 2.38 bits per heavy atom. The molecule has 0 aromatic heterocycles. The van der Waals surface area contributed by atoms with E-state index < -0.39 is 4.92 Å². The highest BCUT2D eigenvalue weighted by molar-refractivity contribution is 5.48. The summed E-state index contributed by atoms with van der Waals surface area (Å²) in [5.41, 5.74) is 2.02. The third kappa shape index (κ3) is 4.35. The van der Waals surface area contributed by atoms with Crippen LogP contribution in [0.1, 0.15) is 5.56 Å². The number of anilines is 1. The Balaban J connectivity index is 1.90. The molecule has 0 fully saturated rings. The van der Waals surface area contributed by atoms with Crippen LogP contribution in [-0.2, 0) is 6.54 Å². The van der Waals surface area contributed by atoms with Crippen molar-refractivity contribution in [2.75, 3.05) is 11.9 Å². The van der Waals surface area contributed by atoms with Crippen molar-refractivity contribution in [3.05, 3.63) is 76.9 Å². The number of hydrogen-bond donors (Lipinski definition) is 1. The molecule has 0 radical (unpaired) electrons. The highest BCUT2D eigenvalue weighted by Crippen LogP contribution is 2.17. The van der Waals surface area contributed by atoms with E-state index in [0.29, 0.717) is 13.2 Å². The SMILES string of the molecule is C=CCOc1ccc(CNc2ccc([N+](=O)[O-])cc2)cc1. The zero-order valence-corrected chi connectivity index (χ0v) is 11.5. The van der Waals surface area contributed by atoms with Crippen LogP contribution in [0.5, 0.6) is 5.75 Å². The molecule has 5 heteroatoms. The Labute approximate surface area is 123 Å². The Bertz CT molecular complexity index is 606. The molecule has 0 aliphatic heterocycles. The summed E-state index contributed by atoms with van der Waals surface area (Å²) >= 11 is 0. The zero-order valence-electron chi connectivity index (χ0n) is 11.5. The molecule has 0 saturated carbocycles. The molecular formula is C16H16N2O3. The fourth-order valence-electron chi connectivity index (χ4n) is 1.76. The van der Waals surface area contributed by atoms with Gasteiger partial charge in [0.25, 0.3) is 5.69 Å². The lowest BCUT2D eigenvalue weighted by atomic mass is 10.2. The van der Waals surface area contributed by atoms with Gasteiger partial charge >= 0.3 is 0 Å². The molecule has 0 amide bonds. The van der Waals surface area contributed by atoms with E-state index in [4.69, 9.17) is 4.74 Å². The van der Waals surface area contributed by atoms with Crippen molar-refractivity contribution in [3.8, 4) is 5.75 Å². The summed E-state index contributed by atoms with van der Waals surface area (Å²) in [7, 11) is 0. The van der Waals surface area contributed by atoms with Crippen molar-refractivity contribution < 1.29 is 9.66 Å². The van der Waals surface area contributed by atoms with Gasteiger partial charge in [0, 0.05) is 24.4 Å². The Morgan fingerprint density at radius 2 is 1.81 bits per heavy atom. The second kappa shape index (κ2) is 7.09. The van der Waals surface area contributed by atoms with Gasteiger partial charge in [0.1, 0.15) is 12.4 Å². The predicted octanol–water partition coefficient (Wildman–Crippen LogP) is 3.77. The highest BCUT2D eigenvalue weighted by atomic mass is 16.6. The third-order valence-electron chi connectivity index (χ3n) is 2.87. The molecule has 0 aliphatic rings. The second-order valence-electron chi connectivity index (χ2n) is 4.40. The van der Waals surface area contributed by atoms with E-state index in [9.17, 15) is 10.1 Å². The summed E-state index contributed by atoms with van der Waals surface area (Å²) in [5.74, 6) is 0.800. The minimum atomic E-state index is -0.411. The van der Waals surface area contributed by atoms with Crippen LogP contribution < -0.4 is 10.1 Å². The van der Waals surface area contributed by atoms with Gasteiger partial charge in [0.05, 0.1) is 4.92 Å². The number of hydrogen-bond acceptors (Lipinski definition) is 4. The van der Waals surface area contributed by atoms with Crippen LogP contribution in [0.15, 0.2) is 61.2 Å². The lowest BCUT2D eigenvalue weighted by Gasteiger charge is -2.08. The largest absolute Gasteiger partial charge is 0.490 e. The third-order valence-corrected chi connectivity index (χ3v) is 2.87. The summed E-state index contributed by atoms with van der Waals surface area (Å²) in [6.45, 7) is 4.72. The van der Waals surface area contributed by atoms with Gasteiger partial charge < -0.3 is 10.1 Å². The molecule has 0 unspecified atom stereocenters. The van der Waals surface area contributed by atoms with Gasteiger partial charge in [-0.1, -0.05) is 24.8 Å². The maximum absolute atomic E-state index is 10.6. The van der Waals surface area contributed by atoms with Gasteiger partial charge in [0.2, 0.25) is 0 Å². The van der Waals surface area contributed by atoms with Crippen molar-refractivity contribution in [1.29, 1.82) is 0 Å². The van der Waals surface area contributed by atoms with Gasteiger partial charge in [-0.15, -0.1) is 0 Å². The second-order valence-corrected chi connectivity index (χ2v) is 4.40. The Kier molecular flexibility index (Phi) is 4.93. The molecule has 0 bridgehead atoms. The number of benzene rings is 2. The number of ether oxygens (including phenoxy) is 1. The quantitative estimate of drug-likeness (QED) is 0.477. The summed E-state index contributed by atoms with van der Waals surface area (Å²) in [5, 5.41) is 13.8. The van der Waals surface area contributed by atoms with Crippen molar-refractivity contribution >= 4 is 11.4 Å². The first-order valence-electron chi connectivity index (χ1n) is 6.50. The first-order valence-corrected chi connectivity index (χ1v) is 6.50. The molecule has 21 heavy (non-hydrogen) atoms. The van der Waals surface area contributed by atoms with Crippen LogP contribution in [0.4, 0.5) is 11.4 Å². The van der Waals surface area contributed by atoms with Crippen LogP contribution >= 0.6 is 0 Å². The molecule has 0 heterocycles. The minimum absolute atomic E-state index is 0.0873. The fraction of sp³-hybridized carbons (Fsp3) is 0.125. The number of nitrogens with zero attached hydrogens (tertiary/aromatic N) is 1. The van der Waals surface area contributed by atoms with Crippen LogP contribution in [-0.4, -0.2) is 11.5 Å². The van der Waals surface area contributed by atoms with Crippen molar-refractivity contribution in [2.24, 2.45) is 0 Å². The lowest BCUT2D eigenvalue weighted by molar-refractivity contribution is -0.384. The van der Waals surface area contributed by atoms with Crippen LogP contribution in [0.2, 0.25) is 0 Å². The van der Waals surface area contributed by atoms with Crippen molar-refractivity contribution in [2.45, 2.75) is 6.54 Å². The standard InChI is InChI=1S/C16H16N2O3/c1-2-11-21-16-9-3-13(4-10-16)12-17-14-5-7-15(8-6-14)18(19)20/h2-10,17H,1,11-12H2. The van der Waals surface area contributed by atoms with Gasteiger partial charge in [0.15, 0.2) is 0 Å². The molecule has 0 aliphatic carbocycles. The summed E-state index contributed by atoms with van der Waals surface area (Å²) in [6.07, 6.45) is 1.70. The van der Waals surface area contributed by atoms with Crippen LogP contribution in [0, 0.1) is 10.1 Å². The van der Waals surface area contributed by atoms with E-state index in [1.807, 2.05) is 24.3 Å². The van der Waals surface area contributed by atoms with Crippen molar-refractivity contribution in [1.82, 2.24) is 0 Å². The van der Waals surface area contributed by atoms with Crippen LogP contribution in [0.3, 0.4) is 0 Å². The van der Waals surface area contributed by atoms with Crippen LogP contribution in [0.25, 0.3) is 0 Å². The number of nitro benzene ring substituents is 1. The molecule has 0 spiro atoms. The van der Waals surface area contributed by atoms with Gasteiger partial charge in [-0.05, 0) is 29.8 Å². The molecular weight excluding hydrogens is 268 g/mol. The molecule has 2 aromatic carbocycles. The minimum Gasteiger partial charge on any atom is -0.490 e. The molecule has 0 atom stereocenters. The number of nitrogens with one attached hydrogen (secondary N) is 1. The molecule has 108 valence electrons. The fourth-order valence-corrected chi connectivity index (χ4v) is 1.76. The number of rotatable bonds is 7. The zero-order chi connectivity index (χ0) is 15.1. The average Bonchev–Trinajstić information content (AvgIpc) is 2.52. The smallest absolute Gasteiger partial charge is 0.269 e. The summed E-state index contributed by atoms with van der Waals surface area (Å²) < 4.78 is 5.41. The Morgan fingerprint density at radius 1 is 1.14 bits per heavy atom. The normalized spacial score (nSPS) is 9.90. The molecule has 2 aromatic rings. The van der Waals surface area contributed by atoms with Crippen molar-refractivity contribution in [3.63, 3.8) is 0 Å². The van der Waals surface area contributed by atoms with Gasteiger partial charge in [-0.3, -0.25) is 10.1 Å². The van der Waals surface area contributed by atoms with E-state index in [2.05, 4.69) is 11.9 Å². The number of nitro groups is 1. The summed E-state index contributed by atoms with van der Waals surface area (Å²) in [4.78, 5) is 10.2. The lowest BCUT2D eigenvalue weighted by Crippen LogP contribution is -2.00. The Hall–Kier alpha value is -2.82. The van der Waals surface area contributed by atoms with Gasteiger partial charge in [-0.2, -0.15) is 0 Å². The van der Waals surface area contributed by atoms with E-state index in [1.165, 1.54) is 12.1 Å². The molecule has 5 nitrogen and oxygen atoms in total. The topological polar surface area (TPSA) is 64.4 Å².